The van der Waals surface area contributed by atoms with Gasteiger partial charge in [0.2, 0.25) is 9.84 Å². The van der Waals surface area contributed by atoms with Crippen molar-refractivity contribution in [1.82, 2.24) is 0 Å². The lowest BCUT2D eigenvalue weighted by molar-refractivity contribution is 0.596. The Morgan fingerprint density at radius 2 is 0.839 bits per heavy atom. The normalized spacial score (nSPS) is 11.5. The summed E-state index contributed by atoms with van der Waals surface area (Å²) >= 11 is 25.1. The Labute approximate surface area is 200 Å². The van der Waals surface area contributed by atoms with Gasteiger partial charge in [0.05, 0.1) is 19.8 Å². The molecule has 4 aromatic carbocycles. The highest BCUT2D eigenvalue weighted by molar-refractivity contribution is 7.91. The van der Waals surface area contributed by atoms with Gasteiger partial charge in [-0.05, 0) is 47.5 Å². The zero-order valence-electron chi connectivity index (χ0n) is 15.8. The molecule has 0 spiro atoms. The fraction of sp³-hybridized carbons (Fsp3) is 0. The van der Waals surface area contributed by atoms with E-state index < -0.39 is 9.84 Å². The fourth-order valence-electron chi connectivity index (χ4n) is 3.26. The average Bonchev–Trinajstić information content (AvgIpc) is 2.75. The standard InChI is InChI=1S/C24H14Cl4O2S/c25-17-11-7-15(8-12-17)19-3-1-5-21(23(19)27)31(29,30)22-6-2-4-20(24(22)28)16-9-13-18(26)14-10-16/h1-14H. The first-order chi connectivity index (χ1) is 14.8. The molecule has 0 amide bonds. The quantitative estimate of drug-likeness (QED) is 0.277. The monoisotopic (exact) mass is 506 g/mol. The van der Waals surface area contributed by atoms with Gasteiger partial charge in [0.15, 0.2) is 0 Å². The zero-order chi connectivity index (χ0) is 22.2. The zero-order valence-corrected chi connectivity index (χ0v) is 19.7. The molecule has 4 rings (SSSR count). The molecule has 0 bridgehead atoms. The molecule has 156 valence electrons. The molecule has 0 radical (unpaired) electrons. The second-order valence-corrected chi connectivity index (χ2v) is 10.3. The van der Waals surface area contributed by atoms with Crippen molar-refractivity contribution in [2.75, 3.05) is 0 Å². The largest absolute Gasteiger partial charge is 0.218 e. The van der Waals surface area contributed by atoms with E-state index in [1.807, 2.05) is 0 Å². The van der Waals surface area contributed by atoms with E-state index in [9.17, 15) is 8.42 Å². The van der Waals surface area contributed by atoms with Crippen molar-refractivity contribution in [3.8, 4) is 22.3 Å². The van der Waals surface area contributed by atoms with Gasteiger partial charge in [-0.1, -0.05) is 94.9 Å². The van der Waals surface area contributed by atoms with Gasteiger partial charge in [0.1, 0.15) is 0 Å². The Kier molecular flexibility index (Phi) is 6.34. The first-order valence-electron chi connectivity index (χ1n) is 9.13. The molecule has 0 aromatic heterocycles. The molecule has 0 unspecified atom stereocenters. The molecule has 2 nitrogen and oxygen atoms in total. The van der Waals surface area contributed by atoms with Crippen LogP contribution in [0.3, 0.4) is 0 Å². The summed E-state index contributed by atoms with van der Waals surface area (Å²) in [5, 5.41) is 1.40. The van der Waals surface area contributed by atoms with Crippen LogP contribution in [-0.2, 0) is 9.84 Å². The lowest BCUT2D eigenvalue weighted by Gasteiger charge is -2.14. The Morgan fingerprint density at radius 1 is 0.484 bits per heavy atom. The molecular weight excluding hydrogens is 494 g/mol. The lowest BCUT2D eigenvalue weighted by atomic mass is 10.1. The second-order valence-electron chi connectivity index (χ2n) is 6.75. The minimum atomic E-state index is -3.99. The summed E-state index contributed by atoms with van der Waals surface area (Å²) in [4.78, 5) is -0.0338. The van der Waals surface area contributed by atoms with Crippen LogP contribution in [0.5, 0.6) is 0 Å². The third-order valence-corrected chi connectivity index (χ3v) is 8.20. The molecule has 0 N–H and O–H groups in total. The summed E-state index contributed by atoms with van der Waals surface area (Å²) in [6.07, 6.45) is 0. The van der Waals surface area contributed by atoms with E-state index in [-0.39, 0.29) is 19.8 Å². The third kappa shape index (κ3) is 4.34. The molecule has 4 aromatic rings. The Balaban J connectivity index is 1.85. The minimum absolute atomic E-state index is 0.0169. The van der Waals surface area contributed by atoms with E-state index in [0.29, 0.717) is 21.2 Å². The van der Waals surface area contributed by atoms with E-state index in [1.54, 1.807) is 72.8 Å². The molecule has 0 heterocycles. The summed E-state index contributed by atoms with van der Waals surface area (Å²) in [5.74, 6) is 0. The summed E-state index contributed by atoms with van der Waals surface area (Å²) in [5.41, 5.74) is 2.69. The van der Waals surface area contributed by atoms with Gasteiger partial charge in [0.25, 0.3) is 0 Å². The van der Waals surface area contributed by atoms with Gasteiger partial charge < -0.3 is 0 Å². The number of halogens is 4. The lowest BCUT2D eigenvalue weighted by Crippen LogP contribution is -2.05. The molecule has 0 saturated carbocycles. The van der Waals surface area contributed by atoms with Crippen LogP contribution in [0.1, 0.15) is 0 Å². The van der Waals surface area contributed by atoms with Crippen molar-refractivity contribution in [2.45, 2.75) is 9.79 Å². The van der Waals surface area contributed by atoms with Crippen LogP contribution in [0.4, 0.5) is 0 Å². The van der Waals surface area contributed by atoms with Crippen molar-refractivity contribution in [2.24, 2.45) is 0 Å². The van der Waals surface area contributed by atoms with Gasteiger partial charge in [-0.2, -0.15) is 0 Å². The first-order valence-corrected chi connectivity index (χ1v) is 12.1. The predicted molar refractivity (Wildman–Crippen MR) is 129 cm³/mol. The summed E-state index contributed by atoms with van der Waals surface area (Å²) in [6, 6.07) is 23.8. The summed E-state index contributed by atoms with van der Waals surface area (Å²) < 4.78 is 27.1. The van der Waals surface area contributed by atoms with Gasteiger partial charge in [-0.25, -0.2) is 8.42 Å². The molecule has 0 aliphatic rings. The van der Waals surface area contributed by atoms with Gasteiger partial charge in [0, 0.05) is 21.2 Å². The first kappa shape index (κ1) is 22.2. The van der Waals surface area contributed by atoms with Crippen LogP contribution >= 0.6 is 46.4 Å². The number of hydrogen-bond acceptors (Lipinski definition) is 2. The van der Waals surface area contributed by atoms with Crippen molar-refractivity contribution in [3.05, 3.63) is 105 Å². The van der Waals surface area contributed by atoms with Crippen LogP contribution < -0.4 is 0 Å². The molecule has 31 heavy (non-hydrogen) atoms. The van der Waals surface area contributed by atoms with E-state index >= 15 is 0 Å². The van der Waals surface area contributed by atoms with Gasteiger partial charge in [-0.3, -0.25) is 0 Å². The molecule has 0 fully saturated rings. The van der Waals surface area contributed by atoms with Crippen LogP contribution in [0.2, 0.25) is 20.1 Å². The van der Waals surface area contributed by atoms with E-state index in [1.165, 1.54) is 12.1 Å². The van der Waals surface area contributed by atoms with Crippen molar-refractivity contribution >= 4 is 56.2 Å². The van der Waals surface area contributed by atoms with E-state index in [0.717, 1.165) is 11.1 Å². The van der Waals surface area contributed by atoms with Crippen molar-refractivity contribution in [1.29, 1.82) is 0 Å². The van der Waals surface area contributed by atoms with E-state index in [4.69, 9.17) is 46.4 Å². The Bertz CT molecular complexity index is 1260. The Morgan fingerprint density at radius 3 is 1.19 bits per heavy atom. The smallest absolute Gasteiger partial charge is 0.209 e. The van der Waals surface area contributed by atoms with Crippen LogP contribution in [0.15, 0.2) is 94.7 Å². The highest BCUT2D eigenvalue weighted by Crippen LogP contribution is 2.40. The average molecular weight is 508 g/mol. The maximum atomic E-state index is 13.5. The SMILES string of the molecule is O=S(=O)(c1cccc(-c2ccc(Cl)cc2)c1Cl)c1cccc(-c2ccc(Cl)cc2)c1Cl. The number of sulfone groups is 1. The molecule has 0 aliphatic carbocycles. The topological polar surface area (TPSA) is 34.1 Å². The summed E-state index contributed by atoms with van der Waals surface area (Å²) in [6.45, 7) is 0. The molecule has 7 heteroatoms. The maximum Gasteiger partial charge on any atom is 0.209 e. The van der Waals surface area contributed by atoms with Crippen molar-refractivity contribution < 1.29 is 8.42 Å². The molecular formula is C24H14Cl4O2S. The molecule has 0 saturated heterocycles. The van der Waals surface area contributed by atoms with Gasteiger partial charge in [-0.15, -0.1) is 0 Å². The number of hydrogen-bond donors (Lipinski definition) is 0. The highest BCUT2D eigenvalue weighted by Gasteiger charge is 2.26. The highest BCUT2D eigenvalue weighted by atomic mass is 35.5. The van der Waals surface area contributed by atoms with Gasteiger partial charge >= 0.3 is 0 Å². The fourth-order valence-corrected chi connectivity index (χ4v) is 6.04. The van der Waals surface area contributed by atoms with Crippen LogP contribution in [-0.4, -0.2) is 8.42 Å². The van der Waals surface area contributed by atoms with E-state index in [2.05, 4.69) is 0 Å². The minimum Gasteiger partial charge on any atom is -0.218 e. The summed E-state index contributed by atoms with van der Waals surface area (Å²) in [7, 11) is -3.99. The second kappa shape index (κ2) is 8.85. The van der Waals surface area contributed by atoms with Crippen molar-refractivity contribution in [3.63, 3.8) is 0 Å². The van der Waals surface area contributed by atoms with Crippen LogP contribution in [0.25, 0.3) is 22.3 Å². The van der Waals surface area contributed by atoms with Crippen LogP contribution in [0, 0.1) is 0 Å². The maximum absolute atomic E-state index is 13.5. The molecule has 0 atom stereocenters. The Hall–Kier alpha value is -2.01. The predicted octanol–water partition coefficient (Wildman–Crippen LogP) is 8.47. The third-order valence-electron chi connectivity index (χ3n) is 4.82. The number of benzene rings is 4. The molecule has 0 aliphatic heterocycles. The number of rotatable bonds is 4.